The van der Waals surface area contributed by atoms with Gasteiger partial charge in [0.25, 0.3) is 17.9 Å². The molecule has 1 aliphatic rings. The van der Waals surface area contributed by atoms with Crippen molar-refractivity contribution in [2.75, 3.05) is 20.8 Å². The maximum absolute atomic E-state index is 11.9. The number of ether oxygens (including phenoxy) is 3. The summed E-state index contributed by atoms with van der Waals surface area (Å²) in [6, 6.07) is 4.66. The summed E-state index contributed by atoms with van der Waals surface area (Å²) in [6.07, 6.45) is -1.39. The van der Waals surface area contributed by atoms with Gasteiger partial charge in [-0.3, -0.25) is 9.59 Å². The Labute approximate surface area is 125 Å². The van der Waals surface area contributed by atoms with Gasteiger partial charge >= 0.3 is 0 Å². The first kappa shape index (κ1) is 15.3. The van der Waals surface area contributed by atoms with Gasteiger partial charge in [-0.1, -0.05) is 11.6 Å². The number of nitrogens with zero attached hydrogens (tertiary/aromatic N) is 1. The second-order valence-electron chi connectivity index (χ2n) is 4.11. The molecule has 0 aromatic heterocycles. The highest BCUT2D eigenvalue weighted by atomic mass is 35.5. The summed E-state index contributed by atoms with van der Waals surface area (Å²) in [5, 5.41) is 2.68. The minimum Gasteiger partial charge on any atom is -0.497 e. The molecule has 1 N–H and O–H groups in total. The molecule has 0 spiro atoms. The summed E-state index contributed by atoms with van der Waals surface area (Å²) >= 11 is 5.97. The molecule has 2 amide bonds. The van der Waals surface area contributed by atoms with Crippen molar-refractivity contribution < 1.29 is 23.8 Å². The van der Waals surface area contributed by atoms with Gasteiger partial charge in [0.1, 0.15) is 23.9 Å². The van der Waals surface area contributed by atoms with Gasteiger partial charge in [0, 0.05) is 13.2 Å². The van der Waals surface area contributed by atoms with E-state index in [0.717, 1.165) is 0 Å². The van der Waals surface area contributed by atoms with Crippen molar-refractivity contribution in [3.05, 3.63) is 23.2 Å². The van der Waals surface area contributed by atoms with Crippen molar-refractivity contribution in [3.8, 4) is 11.5 Å². The molecule has 2 rings (SSSR count). The molecule has 1 aromatic rings. The van der Waals surface area contributed by atoms with Crippen LogP contribution in [0.1, 0.15) is 0 Å². The molecule has 0 aliphatic carbocycles. The Bertz CT molecular complexity index is 602. The molecule has 0 bridgehead atoms. The first-order valence-electron chi connectivity index (χ1n) is 5.96. The van der Waals surface area contributed by atoms with Crippen LogP contribution < -0.4 is 14.8 Å². The van der Waals surface area contributed by atoms with E-state index in [1.165, 1.54) is 20.3 Å². The largest absolute Gasteiger partial charge is 0.497 e. The summed E-state index contributed by atoms with van der Waals surface area (Å²) in [4.78, 5) is 27.4. The highest BCUT2D eigenvalue weighted by Crippen LogP contribution is 2.30. The van der Waals surface area contributed by atoms with Gasteiger partial charge in [0.2, 0.25) is 0 Å². The second-order valence-corrected chi connectivity index (χ2v) is 4.52. The minimum atomic E-state index is -1.39. The molecule has 0 radical (unpaired) electrons. The third-order valence-electron chi connectivity index (χ3n) is 2.64. The Morgan fingerprint density at radius 1 is 1.33 bits per heavy atom. The van der Waals surface area contributed by atoms with Gasteiger partial charge in [0.05, 0.1) is 12.1 Å². The molecule has 1 aliphatic heterocycles. The quantitative estimate of drug-likeness (QED) is 0.813. The average Bonchev–Trinajstić information content (AvgIpc) is 2.45. The van der Waals surface area contributed by atoms with Crippen molar-refractivity contribution >= 4 is 29.3 Å². The molecule has 0 saturated heterocycles. The predicted octanol–water partition coefficient (Wildman–Crippen LogP) is 0.797. The fraction of sp³-hybridized carbons (Fsp3) is 0.308. The smallest absolute Gasteiger partial charge is 0.298 e. The summed E-state index contributed by atoms with van der Waals surface area (Å²) in [5.74, 6) is -0.550. The van der Waals surface area contributed by atoms with Gasteiger partial charge in [-0.25, -0.2) is 0 Å². The Morgan fingerprint density at radius 3 is 2.71 bits per heavy atom. The summed E-state index contributed by atoms with van der Waals surface area (Å²) in [7, 11) is 2.91. The number of nitrogens with one attached hydrogen (secondary N) is 1. The lowest BCUT2D eigenvalue weighted by Crippen LogP contribution is -2.51. The standard InChI is InChI=1S/C13H13ClN2O5/c1-19-6-10-15-12(17)11(13(18)16-10)21-9-5-7(20-2)3-4-8(9)14/h3-5,11H,6H2,1-2H3,(H,15,16,17,18). The topological polar surface area (TPSA) is 86.2 Å². The first-order valence-corrected chi connectivity index (χ1v) is 6.34. The third-order valence-corrected chi connectivity index (χ3v) is 2.95. The highest BCUT2D eigenvalue weighted by Gasteiger charge is 2.34. The van der Waals surface area contributed by atoms with Crippen LogP contribution in [0, 0.1) is 0 Å². The van der Waals surface area contributed by atoms with Gasteiger partial charge in [-0.2, -0.15) is 4.99 Å². The van der Waals surface area contributed by atoms with Crippen LogP contribution in [0.25, 0.3) is 0 Å². The zero-order valence-electron chi connectivity index (χ0n) is 11.4. The average molecular weight is 313 g/mol. The molecular weight excluding hydrogens is 300 g/mol. The van der Waals surface area contributed by atoms with Gasteiger partial charge in [0.15, 0.2) is 0 Å². The van der Waals surface area contributed by atoms with Crippen LogP contribution in [0.3, 0.4) is 0 Å². The van der Waals surface area contributed by atoms with E-state index < -0.39 is 17.9 Å². The number of hydrogen-bond donors (Lipinski definition) is 1. The maximum Gasteiger partial charge on any atom is 0.298 e. The highest BCUT2D eigenvalue weighted by molar-refractivity contribution is 6.32. The van der Waals surface area contributed by atoms with E-state index in [1.54, 1.807) is 12.1 Å². The lowest BCUT2D eigenvalue weighted by molar-refractivity contribution is -0.137. The number of rotatable bonds is 5. The number of carbonyl (C=O) groups is 2. The summed E-state index contributed by atoms with van der Waals surface area (Å²) < 4.78 is 15.2. The van der Waals surface area contributed by atoms with Gasteiger partial charge in [-0.05, 0) is 12.1 Å². The number of amidine groups is 1. The SMILES string of the molecule is COCC1=NC(=O)C(Oc2cc(OC)ccc2Cl)C(=O)N1. The Balaban J connectivity index is 2.20. The van der Waals surface area contributed by atoms with Crippen molar-refractivity contribution in [3.63, 3.8) is 0 Å². The van der Waals surface area contributed by atoms with Crippen LogP contribution in [0.5, 0.6) is 11.5 Å². The van der Waals surface area contributed by atoms with E-state index in [-0.39, 0.29) is 23.2 Å². The van der Waals surface area contributed by atoms with Crippen LogP contribution >= 0.6 is 11.6 Å². The molecule has 1 atom stereocenters. The lowest BCUT2D eigenvalue weighted by atomic mass is 10.2. The van der Waals surface area contributed by atoms with Crippen LogP contribution in [-0.2, 0) is 14.3 Å². The Hall–Kier alpha value is -2.12. The number of aliphatic imine (C=N–C) groups is 1. The first-order chi connectivity index (χ1) is 10.0. The number of benzene rings is 1. The van der Waals surface area contributed by atoms with Crippen LogP contribution in [0.15, 0.2) is 23.2 Å². The number of methoxy groups -OCH3 is 2. The molecule has 1 aromatic carbocycles. The van der Waals surface area contributed by atoms with Crippen molar-refractivity contribution in [1.29, 1.82) is 0 Å². The lowest BCUT2D eigenvalue weighted by Gasteiger charge is -2.21. The maximum atomic E-state index is 11.9. The van der Waals surface area contributed by atoms with E-state index in [9.17, 15) is 9.59 Å². The third kappa shape index (κ3) is 3.50. The number of carbonyl (C=O) groups excluding carboxylic acids is 2. The number of amides is 2. The fourth-order valence-electron chi connectivity index (χ4n) is 1.68. The molecule has 0 fully saturated rings. The van der Waals surface area contributed by atoms with Crippen LogP contribution in [0.4, 0.5) is 0 Å². The molecular formula is C13H13ClN2O5. The Morgan fingerprint density at radius 2 is 2.10 bits per heavy atom. The number of halogens is 1. The summed E-state index contributed by atoms with van der Waals surface area (Å²) in [6.45, 7) is 0.0319. The normalized spacial score (nSPS) is 18.0. The predicted molar refractivity (Wildman–Crippen MR) is 74.9 cm³/mol. The molecule has 1 heterocycles. The summed E-state index contributed by atoms with van der Waals surface area (Å²) in [5.41, 5.74) is 0. The van der Waals surface area contributed by atoms with E-state index in [1.807, 2.05) is 0 Å². The van der Waals surface area contributed by atoms with E-state index in [0.29, 0.717) is 5.75 Å². The molecule has 112 valence electrons. The zero-order chi connectivity index (χ0) is 15.4. The van der Waals surface area contributed by atoms with Gasteiger partial charge in [-0.15, -0.1) is 0 Å². The Kier molecular flexibility index (Phi) is 4.77. The molecule has 1 unspecified atom stereocenters. The second kappa shape index (κ2) is 6.55. The van der Waals surface area contributed by atoms with E-state index in [2.05, 4.69) is 10.3 Å². The van der Waals surface area contributed by atoms with Crippen LogP contribution in [-0.4, -0.2) is 44.6 Å². The van der Waals surface area contributed by atoms with Crippen molar-refractivity contribution in [2.45, 2.75) is 6.10 Å². The van der Waals surface area contributed by atoms with Crippen molar-refractivity contribution in [1.82, 2.24) is 5.32 Å². The van der Waals surface area contributed by atoms with Gasteiger partial charge < -0.3 is 19.5 Å². The van der Waals surface area contributed by atoms with E-state index >= 15 is 0 Å². The molecule has 0 saturated carbocycles. The number of hydrogen-bond acceptors (Lipinski definition) is 5. The zero-order valence-corrected chi connectivity index (χ0v) is 12.1. The van der Waals surface area contributed by atoms with E-state index in [4.69, 9.17) is 25.8 Å². The van der Waals surface area contributed by atoms with Crippen LogP contribution in [0.2, 0.25) is 5.02 Å². The van der Waals surface area contributed by atoms with Crippen molar-refractivity contribution in [2.24, 2.45) is 4.99 Å². The molecule has 7 nitrogen and oxygen atoms in total. The molecule has 8 heteroatoms. The monoisotopic (exact) mass is 312 g/mol. The fourth-order valence-corrected chi connectivity index (χ4v) is 1.84. The minimum absolute atomic E-state index is 0.0319. The molecule has 21 heavy (non-hydrogen) atoms.